The Morgan fingerprint density at radius 3 is 2.76 bits per heavy atom. The van der Waals surface area contributed by atoms with E-state index in [1.54, 1.807) is 0 Å². The Morgan fingerprint density at radius 1 is 1.47 bits per heavy atom. The molecule has 0 aromatic heterocycles. The maximum atomic E-state index is 12.1. The molecule has 2 N–H and O–H groups in total. The van der Waals surface area contributed by atoms with Gasteiger partial charge in [0, 0.05) is 16.2 Å². The third-order valence-electron chi connectivity index (χ3n) is 3.07. The van der Waals surface area contributed by atoms with Crippen LogP contribution in [0.2, 0.25) is 0 Å². The van der Waals surface area contributed by atoms with Gasteiger partial charge in [0.15, 0.2) is 0 Å². The molecule has 0 heterocycles. The van der Waals surface area contributed by atoms with E-state index in [2.05, 4.69) is 27.9 Å². The van der Waals surface area contributed by atoms with Gasteiger partial charge in [-0.05, 0) is 59.9 Å². The standard InChI is InChI=1S/C13H16INO2/c14-11-4-2-1-3-10(11)13(17)15-12(7-8-16)9-5-6-9/h1-4,9,12,16H,5-8H2,(H,15,17). The third kappa shape index (κ3) is 3.42. The first-order chi connectivity index (χ1) is 8.22. The summed E-state index contributed by atoms with van der Waals surface area (Å²) in [5.74, 6) is 0.535. The molecule has 1 saturated carbocycles. The van der Waals surface area contributed by atoms with Gasteiger partial charge < -0.3 is 10.4 Å². The number of carbonyl (C=O) groups is 1. The van der Waals surface area contributed by atoms with Gasteiger partial charge in [-0.15, -0.1) is 0 Å². The molecule has 1 aromatic carbocycles. The minimum atomic E-state index is -0.0275. The Balaban J connectivity index is 2.02. The molecule has 1 aromatic rings. The minimum absolute atomic E-state index is 0.0275. The van der Waals surface area contributed by atoms with Crippen molar-refractivity contribution >= 4 is 28.5 Å². The SMILES string of the molecule is O=C(NC(CCO)C1CC1)c1ccccc1I. The molecule has 1 unspecified atom stereocenters. The lowest BCUT2D eigenvalue weighted by Crippen LogP contribution is -2.37. The van der Waals surface area contributed by atoms with Crippen molar-refractivity contribution in [2.45, 2.75) is 25.3 Å². The van der Waals surface area contributed by atoms with E-state index in [9.17, 15) is 4.79 Å². The number of halogens is 1. The van der Waals surface area contributed by atoms with Crippen LogP contribution in [0.1, 0.15) is 29.6 Å². The quantitative estimate of drug-likeness (QED) is 0.804. The van der Waals surface area contributed by atoms with Gasteiger partial charge in [0.05, 0.1) is 5.56 Å². The van der Waals surface area contributed by atoms with Crippen LogP contribution in [0, 0.1) is 9.49 Å². The van der Waals surface area contributed by atoms with E-state index >= 15 is 0 Å². The average molecular weight is 345 g/mol. The topological polar surface area (TPSA) is 49.3 Å². The Labute approximate surface area is 115 Å². The fourth-order valence-corrected chi connectivity index (χ4v) is 2.59. The van der Waals surface area contributed by atoms with Gasteiger partial charge in [-0.25, -0.2) is 0 Å². The molecule has 92 valence electrons. The van der Waals surface area contributed by atoms with E-state index in [-0.39, 0.29) is 18.6 Å². The number of aliphatic hydroxyl groups excluding tert-OH is 1. The normalized spacial score (nSPS) is 16.6. The van der Waals surface area contributed by atoms with Gasteiger partial charge in [0.1, 0.15) is 0 Å². The molecule has 0 bridgehead atoms. The predicted molar refractivity (Wildman–Crippen MR) is 74.8 cm³/mol. The zero-order valence-corrected chi connectivity index (χ0v) is 11.7. The number of amides is 1. The van der Waals surface area contributed by atoms with Crippen molar-refractivity contribution < 1.29 is 9.90 Å². The molecule has 0 saturated heterocycles. The largest absolute Gasteiger partial charge is 0.396 e. The van der Waals surface area contributed by atoms with Crippen LogP contribution in [0.5, 0.6) is 0 Å². The molecule has 1 aliphatic rings. The van der Waals surface area contributed by atoms with Crippen LogP contribution in [-0.2, 0) is 0 Å². The van der Waals surface area contributed by atoms with E-state index in [0.29, 0.717) is 12.3 Å². The van der Waals surface area contributed by atoms with E-state index in [1.807, 2.05) is 24.3 Å². The molecular formula is C13H16INO2. The number of carbonyl (C=O) groups excluding carboxylic acids is 1. The van der Waals surface area contributed by atoms with Crippen LogP contribution in [-0.4, -0.2) is 23.7 Å². The van der Waals surface area contributed by atoms with E-state index < -0.39 is 0 Å². The molecule has 1 aliphatic carbocycles. The molecule has 2 rings (SSSR count). The highest BCUT2D eigenvalue weighted by molar-refractivity contribution is 14.1. The number of benzene rings is 1. The summed E-state index contributed by atoms with van der Waals surface area (Å²) in [6.45, 7) is 0.132. The van der Waals surface area contributed by atoms with Crippen molar-refractivity contribution in [2.24, 2.45) is 5.92 Å². The van der Waals surface area contributed by atoms with E-state index in [4.69, 9.17) is 5.11 Å². The van der Waals surface area contributed by atoms with Crippen LogP contribution in [0.3, 0.4) is 0 Å². The number of hydrogen-bond acceptors (Lipinski definition) is 2. The number of aliphatic hydroxyl groups is 1. The van der Waals surface area contributed by atoms with Crippen LogP contribution in [0.4, 0.5) is 0 Å². The number of hydrogen-bond donors (Lipinski definition) is 2. The zero-order chi connectivity index (χ0) is 12.3. The van der Waals surface area contributed by atoms with Crippen molar-refractivity contribution in [3.05, 3.63) is 33.4 Å². The summed E-state index contributed by atoms with van der Waals surface area (Å²) in [6, 6.07) is 7.68. The second-order valence-corrected chi connectivity index (χ2v) is 5.57. The Kier molecular flexibility index (Phi) is 4.39. The third-order valence-corrected chi connectivity index (χ3v) is 4.01. The lowest BCUT2D eigenvalue weighted by molar-refractivity contribution is 0.0923. The summed E-state index contributed by atoms with van der Waals surface area (Å²) < 4.78 is 0.959. The van der Waals surface area contributed by atoms with Crippen LogP contribution < -0.4 is 5.32 Å². The Morgan fingerprint density at radius 2 is 2.18 bits per heavy atom. The molecule has 1 atom stereocenters. The molecule has 4 heteroatoms. The summed E-state index contributed by atoms with van der Waals surface area (Å²) in [7, 11) is 0. The first kappa shape index (κ1) is 12.8. The van der Waals surface area contributed by atoms with Crippen molar-refractivity contribution in [3.8, 4) is 0 Å². The lowest BCUT2D eigenvalue weighted by atomic mass is 10.1. The first-order valence-electron chi connectivity index (χ1n) is 5.88. The maximum absolute atomic E-state index is 12.1. The molecule has 0 spiro atoms. The van der Waals surface area contributed by atoms with Crippen LogP contribution in [0.25, 0.3) is 0 Å². The Bertz CT molecular complexity index is 404. The molecule has 3 nitrogen and oxygen atoms in total. The van der Waals surface area contributed by atoms with E-state index in [1.165, 1.54) is 0 Å². The van der Waals surface area contributed by atoms with Gasteiger partial charge in [0.2, 0.25) is 0 Å². The van der Waals surface area contributed by atoms with Gasteiger partial charge in [-0.2, -0.15) is 0 Å². The van der Waals surface area contributed by atoms with E-state index in [0.717, 1.165) is 22.0 Å². The fraction of sp³-hybridized carbons (Fsp3) is 0.462. The molecular weight excluding hydrogens is 329 g/mol. The number of rotatable bonds is 5. The molecule has 1 amide bonds. The minimum Gasteiger partial charge on any atom is -0.396 e. The predicted octanol–water partition coefficient (Wildman–Crippen LogP) is 2.18. The van der Waals surface area contributed by atoms with Crippen molar-refractivity contribution in [2.75, 3.05) is 6.61 Å². The molecule has 17 heavy (non-hydrogen) atoms. The second kappa shape index (κ2) is 5.82. The van der Waals surface area contributed by atoms with Crippen molar-refractivity contribution in [1.29, 1.82) is 0 Å². The average Bonchev–Trinajstić information content (AvgIpc) is 3.12. The van der Waals surface area contributed by atoms with Crippen molar-refractivity contribution in [1.82, 2.24) is 5.32 Å². The summed E-state index contributed by atoms with van der Waals surface area (Å²) in [4.78, 5) is 12.1. The monoisotopic (exact) mass is 345 g/mol. The summed E-state index contributed by atoms with van der Waals surface area (Å²) >= 11 is 2.17. The van der Waals surface area contributed by atoms with Crippen LogP contribution in [0.15, 0.2) is 24.3 Å². The lowest BCUT2D eigenvalue weighted by Gasteiger charge is -2.17. The van der Waals surface area contributed by atoms with Gasteiger partial charge >= 0.3 is 0 Å². The Hall–Kier alpha value is -0.620. The van der Waals surface area contributed by atoms with Gasteiger partial charge in [-0.3, -0.25) is 4.79 Å². The summed E-state index contributed by atoms with van der Waals surface area (Å²) in [6.07, 6.45) is 2.98. The maximum Gasteiger partial charge on any atom is 0.252 e. The highest BCUT2D eigenvalue weighted by atomic mass is 127. The molecule has 0 radical (unpaired) electrons. The molecule has 0 aliphatic heterocycles. The van der Waals surface area contributed by atoms with Gasteiger partial charge in [0.25, 0.3) is 5.91 Å². The second-order valence-electron chi connectivity index (χ2n) is 4.41. The highest BCUT2D eigenvalue weighted by Crippen LogP contribution is 2.34. The molecule has 1 fully saturated rings. The van der Waals surface area contributed by atoms with Crippen molar-refractivity contribution in [3.63, 3.8) is 0 Å². The number of nitrogens with one attached hydrogen (secondary N) is 1. The zero-order valence-electron chi connectivity index (χ0n) is 9.53. The van der Waals surface area contributed by atoms with Gasteiger partial charge in [-0.1, -0.05) is 12.1 Å². The fourth-order valence-electron chi connectivity index (χ4n) is 1.95. The summed E-state index contributed by atoms with van der Waals surface area (Å²) in [5.41, 5.74) is 0.719. The smallest absolute Gasteiger partial charge is 0.252 e. The van der Waals surface area contributed by atoms with Crippen LogP contribution >= 0.6 is 22.6 Å². The highest BCUT2D eigenvalue weighted by Gasteiger charge is 2.32. The first-order valence-corrected chi connectivity index (χ1v) is 6.96. The summed E-state index contributed by atoms with van der Waals surface area (Å²) in [5, 5.41) is 12.0.